The summed E-state index contributed by atoms with van der Waals surface area (Å²) in [4.78, 5) is 13.5. The average molecular weight is 278 g/mol. The van der Waals surface area contributed by atoms with Gasteiger partial charge in [-0.05, 0) is 12.8 Å². The van der Waals surface area contributed by atoms with Gasteiger partial charge in [0.05, 0.1) is 11.0 Å². The first-order chi connectivity index (χ1) is 9.54. The van der Waals surface area contributed by atoms with Crippen molar-refractivity contribution >= 4 is 23.1 Å². The second-order valence-corrected chi connectivity index (χ2v) is 4.59. The number of hydrogen-bond acceptors (Lipinski definition) is 6. The fraction of sp³-hybridized carbons (Fsp3) is 0.273. The van der Waals surface area contributed by atoms with Gasteiger partial charge in [0.15, 0.2) is 17.5 Å². The van der Waals surface area contributed by atoms with Crippen LogP contribution >= 0.6 is 0 Å². The lowest BCUT2D eigenvalue weighted by Crippen LogP contribution is -2.04. The first-order valence-electron chi connectivity index (χ1n) is 5.97. The van der Waals surface area contributed by atoms with Crippen LogP contribution in [0.3, 0.4) is 0 Å². The highest BCUT2D eigenvalue weighted by molar-refractivity contribution is 5.61. The smallest absolute Gasteiger partial charge is 0.314 e. The Labute approximate surface area is 112 Å². The van der Waals surface area contributed by atoms with Crippen molar-refractivity contribution in [3.05, 3.63) is 33.8 Å². The summed E-state index contributed by atoms with van der Waals surface area (Å²) in [5, 5.41) is 20.1. The molecule has 0 atom stereocenters. The van der Waals surface area contributed by atoms with E-state index in [0.29, 0.717) is 11.7 Å². The van der Waals surface area contributed by atoms with Gasteiger partial charge in [0, 0.05) is 17.7 Å². The van der Waals surface area contributed by atoms with Crippen LogP contribution in [0.5, 0.6) is 0 Å². The summed E-state index contributed by atoms with van der Waals surface area (Å²) in [7, 11) is 0. The molecule has 2 aromatic rings. The van der Waals surface area contributed by atoms with E-state index in [1.807, 2.05) is 0 Å². The summed E-state index contributed by atoms with van der Waals surface area (Å²) in [5.41, 5.74) is 5.83. The molecule has 9 heteroatoms. The maximum absolute atomic E-state index is 13.7. The van der Waals surface area contributed by atoms with Gasteiger partial charge in [-0.1, -0.05) is 0 Å². The van der Waals surface area contributed by atoms with Gasteiger partial charge in [0.2, 0.25) is 5.82 Å². The fourth-order valence-corrected chi connectivity index (χ4v) is 1.85. The molecule has 0 aliphatic heterocycles. The van der Waals surface area contributed by atoms with Crippen LogP contribution < -0.4 is 11.1 Å². The average Bonchev–Trinajstić information content (AvgIpc) is 3.14. The number of nitrogens with two attached hydrogens (primary N) is 1. The van der Waals surface area contributed by atoms with Gasteiger partial charge in [-0.15, -0.1) is 0 Å². The maximum Gasteiger partial charge on any atom is 0.314 e. The van der Waals surface area contributed by atoms with E-state index in [0.717, 1.165) is 24.6 Å². The summed E-state index contributed by atoms with van der Waals surface area (Å²) in [6.45, 7) is 0. The summed E-state index contributed by atoms with van der Waals surface area (Å²) in [6.07, 6.45) is 2.22. The van der Waals surface area contributed by atoms with E-state index in [1.165, 1.54) is 0 Å². The minimum atomic E-state index is -0.859. The molecule has 1 aliphatic rings. The molecule has 0 spiro atoms. The first kappa shape index (κ1) is 12.3. The lowest BCUT2D eigenvalue weighted by atomic mass is 10.3. The van der Waals surface area contributed by atoms with E-state index < -0.39 is 16.4 Å². The highest BCUT2D eigenvalue weighted by Crippen LogP contribution is 2.39. The molecule has 0 radical (unpaired) electrons. The Bertz CT molecular complexity index is 682. The fourth-order valence-electron chi connectivity index (χ4n) is 1.85. The highest BCUT2D eigenvalue weighted by Gasteiger charge is 2.26. The molecule has 0 saturated heterocycles. The monoisotopic (exact) mass is 278 g/mol. The van der Waals surface area contributed by atoms with Crippen LogP contribution in [0.1, 0.15) is 24.5 Å². The molecule has 0 amide bonds. The number of anilines is 3. The molecule has 20 heavy (non-hydrogen) atoms. The number of halogens is 1. The summed E-state index contributed by atoms with van der Waals surface area (Å²) in [5.74, 6) is -0.523. The predicted molar refractivity (Wildman–Crippen MR) is 69.1 cm³/mol. The number of nitro groups is 1. The highest BCUT2D eigenvalue weighted by atomic mass is 19.1. The molecule has 3 rings (SSSR count). The number of rotatable bonds is 4. The lowest BCUT2D eigenvalue weighted by Gasteiger charge is -2.04. The van der Waals surface area contributed by atoms with Gasteiger partial charge in [0.1, 0.15) is 0 Å². The zero-order chi connectivity index (χ0) is 14.3. The Balaban J connectivity index is 1.85. The molecule has 1 fully saturated rings. The SMILES string of the molecule is Nc1nc(Nc2cc(C3CC3)[nH]n2)c(F)cc1[N+](=O)[O-]. The van der Waals surface area contributed by atoms with Crippen molar-refractivity contribution < 1.29 is 9.31 Å². The Morgan fingerprint density at radius 2 is 2.25 bits per heavy atom. The Kier molecular flexibility index (Phi) is 2.74. The third-order valence-corrected chi connectivity index (χ3v) is 3.04. The van der Waals surface area contributed by atoms with E-state index in [2.05, 4.69) is 20.5 Å². The first-order valence-corrected chi connectivity index (χ1v) is 5.97. The minimum Gasteiger partial charge on any atom is -0.378 e. The van der Waals surface area contributed by atoms with Gasteiger partial charge >= 0.3 is 5.69 Å². The summed E-state index contributed by atoms with van der Waals surface area (Å²) in [6, 6.07) is 2.50. The number of pyridine rings is 1. The second-order valence-electron chi connectivity index (χ2n) is 4.59. The molecule has 1 aliphatic carbocycles. The summed E-state index contributed by atoms with van der Waals surface area (Å²) < 4.78 is 13.7. The predicted octanol–water partition coefficient (Wildman–Crippen LogP) is 2.06. The zero-order valence-corrected chi connectivity index (χ0v) is 10.3. The van der Waals surface area contributed by atoms with Crippen LogP contribution in [0, 0.1) is 15.9 Å². The molecule has 2 aromatic heterocycles. The van der Waals surface area contributed by atoms with E-state index in [4.69, 9.17) is 5.73 Å². The molecule has 0 bridgehead atoms. The topological polar surface area (TPSA) is 123 Å². The lowest BCUT2D eigenvalue weighted by molar-refractivity contribution is -0.384. The van der Waals surface area contributed by atoms with Crippen molar-refractivity contribution in [3.63, 3.8) is 0 Å². The van der Waals surface area contributed by atoms with Gasteiger partial charge in [-0.25, -0.2) is 9.37 Å². The van der Waals surface area contributed by atoms with Crippen molar-refractivity contribution in [2.24, 2.45) is 0 Å². The van der Waals surface area contributed by atoms with Gasteiger partial charge in [-0.3, -0.25) is 15.2 Å². The van der Waals surface area contributed by atoms with Crippen LogP contribution in [0.15, 0.2) is 12.1 Å². The van der Waals surface area contributed by atoms with E-state index in [1.54, 1.807) is 6.07 Å². The van der Waals surface area contributed by atoms with Crippen molar-refractivity contribution in [3.8, 4) is 0 Å². The van der Waals surface area contributed by atoms with Crippen molar-refractivity contribution in [1.29, 1.82) is 0 Å². The molecule has 2 heterocycles. The normalized spacial score (nSPS) is 14.2. The van der Waals surface area contributed by atoms with Crippen LogP contribution in [0.2, 0.25) is 0 Å². The molecular weight excluding hydrogens is 267 g/mol. The summed E-state index contributed by atoms with van der Waals surface area (Å²) >= 11 is 0. The number of hydrogen-bond donors (Lipinski definition) is 3. The largest absolute Gasteiger partial charge is 0.378 e. The number of aromatic amines is 1. The standard InChI is InChI=1S/C11H11FN6O2/c12-6-3-8(18(19)20)10(13)15-11(6)14-9-4-7(16-17-9)5-1-2-5/h3-5H,1-2H2,(H4,13,14,15,16,17). The van der Waals surface area contributed by atoms with Crippen molar-refractivity contribution in [2.45, 2.75) is 18.8 Å². The van der Waals surface area contributed by atoms with Crippen molar-refractivity contribution in [1.82, 2.24) is 15.2 Å². The van der Waals surface area contributed by atoms with E-state index in [9.17, 15) is 14.5 Å². The Morgan fingerprint density at radius 3 is 2.90 bits per heavy atom. The number of H-pyrrole nitrogens is 1. The number of nitrogens with zero attached hydrogens (tertiary/aromatic N) is 3. The van der Waals surface area contributed by atoms with Crippen molar-refractivity contribution in [2.75, 3.05) is 11.1 Å². The van der Waals surface area contributed by atoms with Gasteiger partial charge in [-0.2, -0.15) is 5.10 Å². The quantitative estimate of drug-likeness (QED) is 0.581. The molecule has 104 valence electrons. The number of aromatic nitrogens is 3. The van der Waals surface area contributed by atoms with Crippen LogP contribution in [0.4, 0.5) is 27.5 Å². The molecule has 0 aromatic carbocycles. The van der Waals surface area contributed by atoms with E-state index in [-0.39, 0.29) is 11.6 Å². The molecule has 8 nitrogen and oxygen atoms in total. The molecular formula is C11H11FN6O2. The van der Waals surface area contributed by atoms with Crippen LogP contribution in [-0.4, -0.2) is 20.1 Å². The van der Waals surface area contributed by atoms with Crippen LogP contribution in [0.25, 0.3) is 0 Å². The maximum atomic E-state index is 13.7. The number of nitrogens with one attached hydrogen (secondary N) is 2. The van der Waals surface area contributed by atoms with Crippen LogP contribution in [-0.2, 0) is 0 Å². The molecule has 1 saturated carbocycles. The zero-order valence-electron chi connectivity index (χ0n) is 10.3. The third-order valence-electron chi connectivity index (χ3n) is 3.04. The molecule has 4 N–H and O–H groups in total. The molecule has 0 unspecified atom stereocenters. The minimum absolute atomic E-state index is 0.193. The van der Waals surface area contributed by atoms with E-state index >= 15 is 0 Å². The third kappa shape index (κ3) is 2.25. The number of nitrogen functional groups attached to an aromatic ring is 1. The Morgan fingerprint density at radius 1 is 1.50 bits per heavy atom. The second kappa shape index (κ2) is 4.44. The van der Waals surface area contributed by atoms with Gasteiger partial charge in [0.25, 0.3) is 0 Å². The Hall–Kier alpha value is -2.71. The van der Waals surface area contributed by atoms with Gasteiger partial charge < -0.3 is 11.1 Å².